The molecule has 0 spiro atoms. The topological polar surface area (TPSA) is 72.8 Å². The van der Waals surface area contributed by atoms with Gasteiger partial charge in [0.05, 0.1) is 23.7 Å². The fraction of sp³-hybridized carbons (Fsp3) is 0.385. The van der Waals surface area contributed by atoms with Crippen LogP contribution >= 0.6 is 0 Å². The number of fused-ring (bicyclic) bond motifs is 1. The maximum absolute atomic E-state index is 12.9. The van der Waals surface area contributed by atoms with E-state index in [0.717, 1.165) is 12.1 Å². The van der Waals surface area contributed by atoms with Crippen LogP contribution in [0, 0.1) is 11.8 Å². The van der Waals surface area contributed by atoms with Crippen LogP contribution in [-0.4, -0.2) is 35.4 Å². The smallest absolute Gasteiger partial charge is 0.416 e. The highest BCUT2D eigenvalue weighted by atomic mass is 19.4. The van der Waals surface area contributed by atoms with Crippen LogP contribution in [0.25, 0.3) is 0 Å². The number of rotatable bonds is 7. The fourth-order valence-electron chi connectivity index (χ4n) is 4.64. The normalized spacial score (nSPS) is 25.2. The van der Waals surface area contributed by atoms with E-state index < -0.39 is 29.9 Å². The summed E-state index contributed by atoms with van der Waals surface area (Å²) in [6, 6.07) is 13.6. The first-order chi connectivity index (χ1) is 16.2. The second kappa shape index (κ2) is 10.0. The number of hydrogen-bond donors (Lipinski definition) is 1. The summed E-state index contributed by atoms with van der Waals surface area (Å²) in [6.45, 7) is 0. The first-order valence-corrected chi connectivity index (χ1v) is 11.2. The molecule has 1 saturated heterocycles. The number of benzene rings is 2. The third-order valence-corrected chi connectivity index (χ3v) is 6.36. The van der Waals surface area contributed by atoms with Gasteiger partial charge in [-0.15, -0.1) is 0 Å². The molecular formula is C26H25F3O5. The standard InChI is InChI=1S/C26H25F3O5/c27-26(28,29)18-8-4-5-16(13-18)9-10-19(30)11-12-20-21-14-24(31)33-23(21)15-22(20)34-25(32)17-6-2-1-3-7-17/h1-8,11-13,19-23,30H,9-10,14-15H2/b12-11+/t19-,20+,21+,22+,23-/m0/s1. The molecule has 2 fully saturated rings. The van der Waals surface area contributed by atoms with Gasteiger partial charge in [-0.25, -0.2) is 4.79 Å². The number of carbonyl (C=O) groups is 2. The summed E-state index contributed by atoms with van der Waals surface area (Å²) < 4.78 is 49.8. The molecule has 2 aliphatic rings. The summed E-state index contributed by atoms with van der Waals surface area (Å²) in [4.78, 5) is 24.3. The van der Waals surface area contributed by atoms with Gasteiger partial charge in [0, 0.05) is 18.3 Å². The van der Waals surface area contributed by atoms with E-state index in [1.54, 1.807) is 48.6 Å². The Balaban J connectivity index is 1.40. The third-order valence-electron chi connectivity index (χ3n) is 6.36. The Bertz CT molecular complexity index is 1050. The van der Waals surface area contributed by atoms with Crippen molar-refractivity contribution in [1.82, 2.24) is 0 Å². The van der Waals surface area contributed by atoms with Gasteiger partial charge in [-0.1, -0.05) is 48.6 Å². The summed E-state index contributed by atoms with van der Waals surface area (Å²) >= 11 is 0. The van der Waals surface area contributed by atoms with Crippen molar-refractivity contribution in [2.24, 2.45) is 11.8 Å². The fourth-order valence-corrected chi connectivity index (χ4v) is 4.64. The monoisotopic (exact) mass is 474 g/mol. The van der Waals surface area contributed by atoms with Crippen molar-refractivity contribution in [2.75, 3.05) is 0 Å². The molecule has 0 aromatic heterocycles. The van der Waals surface area contributed by atoms with Crippen molar-refractivity contribution in [2.45, 2.75) is 50.2 Å². The van der Waals surface area contributed by atoms with Crippen molar-refractivity contribution in [3.05, 3.63) is 83.4 Å². The van der Waals surface area contributed by atoms with Gasteiger partial charge in [-0.2, -0.15) is 13.2 Å². The van der Waals surface area contributed by atoms with Gasteiger partial charge < -0.3 is 14.6 Å². The number of aliphatic hydroxyl groups excluding tert-OH is 1. The Hall–Kier alpha value is -3.13. The van der Waals surface area contributed by atoms with E-state index in [9.17, 15) is 27.9 Å². The minimum Gasteiger partial charge on any atom is -0.462 e. The highest BCUT2D eigenvalue weighted by molar-refractivity contribution is 5.89. The van der Waals surface area contributed by atoms with Crippen LogP contribution in [0.2, 0.25) is 0 Å². The van der Waals surface area contributed by atoms with Crippen molar-refractivity contribution in [3.63, 3.8) is 0 Å². The molecule has 34 heavy (non-hydrogen) atoms. The molecule has 5 atom stereocenters. The molecule has 1 heterocycles. The average molecular weight is 474 g/mol. The van der Waals surface area contributed by atoms with E-state index >= 15 is 0 Å². The molecule has 0 unspecified atom stereocenters. The van der Waals surface area contributed by atoms with E-state index in [2.05, 4.69) is 0 Å². The quantitative estimate of drug-likeness (QED) is 0.464. The number of halogens is 3. The van der Waals surface area contributed by atoms with E-state index in [4.69, 9.17) is 9.47 Å². The Kier molecular flexibility index (Phi) is 7.07. The Labute approximate surface area is 195 Å². The van der Waals surface area contributed by atoms with Crippen LogP contribution < -0.4 is 0 Å². The van der Waals surface area contributed by atoms with E-state index in [1.165, 1.54) is 6.07 Å². The molecule has 2 aromatic rings. The SMILES string of the molecule is O=C1C[C@@H]2[C@@H](/C=C/[C@@H](O)CCc3cccc(C(F)(F)F)c3)[C@H](OC(=O)c3ccccc3)C[C@@H]2O1. The predicted octanol–water partition coefficient (Wildman–Crippen LogP) is 4.73. The summed E-state index contributed by atoms with van der Waals surface area (Å²) in [5.41, 5.74) is 0.175. The molecule has 5 nitrogen and oxygen atoms in total. The lowest BCUT2D eigenvalue weighted by molar-refractivity contribution is -0.142. The Morgan fingerprint density at radius 2 is 1.94 bits per heavy atom. The minimum absolute atomic E-state index is 0.159. The number of alkyl halides is 3. The number of hydrogen-bond acceptors (Lipinski definition) is 5. The average Bonchev–Trinajstić information content (AvgIpc) is 3.31. The summed E-state index contributed by atoms with van der Waals surface area (Å²) in [7, 11) is 0. The van der Waals surface area contributed by atoms with Gasteiger partial charge in [0.2, 0.25) is 0 Å². The summed E-state index contributed by atoms with van der Waals surface area (Å²) in [6.07, 6.45) is -1.80. The van der Waals surface area contributed by atoms with E-state index in [0.29, 0.717) is 17.5 Å². The molecule has 1 saturated carbocycles. The number of aliphatic hydroxyl groups is 1. The van der Waals surface area contributed by atoms with Crippen molar-refractivity contribution in [1.29, 1.82) is 0 Å². The second-order valence-corrected chi connectivity index (χ2v) is 8.71. The minimum atomic E-state index is -4.42. The molecule has 180 valence electrons. The first-order valence-electron chi connectivity index (χ1n) is 11.2. The van der Waals surface area contributed by atoms with Gasteiger partial charge in [0.15, 0.2) is 0 Å². The number of carbonyl (C=O) groups excluding carboxylic acids is 2. The summed E-state index contributed by atoms with van der Waals surface area (Å²) in [5.74, 6) is -1.24. The lowest BCUT2D eigenvalue weighted by Gasteiger charge is -2.20. The van der Waals surface area contributed by atoms with Crippen LogP contribution in [0.15, 0.2) is 66.7 Å². The van der Waals surface area contributed by atoms with Crippen molar-refractivity contribution < 1.29 is 37.3 Å². The van der Waals surface area contributed by atoms with Crippen LogP contribution in [0.1, 0.15) is 40.7 Å². The maximum atomic E-state index is 12.9. The molecule has 0 amide bonds. The number of ether oxygens (including phenoxy) is 2. The molecule has 2 aromatic carbocycles. The molecule has 1 aliphatic heterocycles. The van der Waals surface area contributed by atoms with E-state index in [-0.39, 0.29) is 43.2 Å². The van der Waals surface area contributed by atoms with Gasteiger partial charge in [0.1, 0.15) is 12.2 Å². The zero-order valence-corrected chi connectivity index (χ0v) is 18.3. The third kappa shape index (κ3) is 5.67. The van der Waals surface area contributed by atoms with Crippen LogP contribution in [0.3, 0.4) is 0 Å². The summed E-state index contributed by atoms with van der Waals surface area (Å²) in [5, 5.41) is 10.4. The molecule has 4 rings (SSSR count). The Morgan fingerprint density at radius 1 is 1.18 bits per heavy atom. The van der Waals surface area contributed by atoms with Crippen molar-refractivity contribution >= 4 is 11.9 Å². The molecule has 0 bridgehead atoms. The largest absolute Gasteiger partial charge is 0.462 e. The second-order valence-electron chi connectivity index (χ2n) is 8.71. The van der Waals surface area contributed by atoms with E-state index in [1.807, 2.05) is 0 Å². The molecule has 8 heteroatoms. The Morgan fingerprint density at radius 3 is 2.68 bits per heavy atom. The predicted molar refractivity (Wildman–Crippen MR) is 117 cm³/mol. The van der Waals surface area contributed by atoms with Crippen LogP contribution in [-0.2, 0) is 26.9 Å². The lowest BCUT2D eigenvalue weighted by atomic mass is 9.91. The molecule has 1 aliphatic carbocycles. The zero-order chi connectivity index (χ0) is 24.3. The highest BCUT2D eigenvalue weighted by Crippen LogP contribution is 2.43. The lowest BCUT2D eigenvalue weighted by Crippen LogP contribution is -2.25. The first kappa shape index (κ1) is 24.0. The zero-order valence-electron chi connectivity index (χ0n) is 18.3. The van der Waals surface area contributed by atoms with Crippen LogP contribution in [0.4, 0.5) is 13.2 Å². The molecule has 1 N–H and O–H groups in total. The number of aryl methyl sites for hydroxylation is 1. The van der Waals surface area contributed by atoms with Gasteiger partial charge in [-0.3, -0.25) is 4.79 Å². The number of esters is 2. The molecular weight excluding hydrogens is 449 g/mol. The van der Waals surface area contributed by atoms with Gasteiger partial charge >= 0.3 is 18.1 Å². The maximum Gasteiger partial charge on any atom is 0.416 e. The molecule has 0 radical (unpaired) electrons. The van der Waals surface area contributed by atoms with Crippen LogP contribution in [0.5, 0.6) is 0 Å². The van der Waals surface area contributed by atoms with Crippen molar-refractivity contribution in [3.8, 4) is 0 Å². The van der Waals surface area contributed by atoms with Gasteiger partial charge in [-0.05, 0) is 36.6 Å². The highest BCUT2D eigenvalue weighted by Gasteiger charge is 2.50. The van der Waals surface area contributed by atoms with Gasteiger partial charge in [0.25, 0.3) is 0 Å².